The van der Waals surface area contributed by atoms with E-state index in [9.17, 15) is 0 Å². The number of hydrogen-bond donors (Lipinski definition) is 0. The summed E-state index contributed by atoms with van der Waals surface area (Å²) in [6.07, 6.45) is 17.3. The van der Waals surface area contributed by atoms with Crippen molar-refractivity contribution in [2.24, 2.45) is 4.36 Å². The molecule has 32 heavy (non-hydrogen) atoms. The second-order valence-corrected chi connectivity index (χ2v) is 11.9. The monoisotopic (exact) mass is 514 g/mol. The Kier molecular flexibility index (Phi) is 11.4. The number of rotatable bonds is 4. The molecule has 4 rings (SSSR count). The standard InChI is InChI=1S/C12H14ClN3S.C11H14ClNS.FH/c1-17(16-8-14)11-4-2-9(6-11)10-3-5-12(13)15-7-10;1-14-10-4-2-8(6-10)9-3-5-11(12)13-7-9;/h3,5,7,9,11H,2,4,6H2,1H3;3,5,7-8,10H,2,4,6H2,1H3;1H. The van der Waals surface area contributed by atoms with Gasteiger partial charge in [-0.1, -0.05) is 46.0 Å². The van der Waals surface area contributed by atoms with Crippen LogP contribution in [0.5, 0.6) is 0 Å². The van der Waals surface area contributed by atoms with Crippen LogP contribution in [0.15, 0.2) is 41.0 Å². The second kappa shape index (κ2) is 13.5. The molecule has 2 aliphatic rings. The van der Waals surface area contributed by atoms with E-state index in [0.717, 1.165) is 24.5 Å². The average Bonchev–Trinajstić information content (AvgIpc) is 3.46. The quantitative estimate of drug-likeness (QED) is 0.320. The van der Waals surface area contributed by atoms with Crippen LogP contribution >= 0.6 is 35.0 Å². The average molecular weight is 516 g/mol. The zero-order chi connectivity index (χ0) is 22.2. The van der Waals surface area contributed by atoms with Gasteiger partial charge in [-0.05, 0) is 86.1 Å². The summed E-state index contributed by atoms with van der Waals surface area (Å²) in [4.78, 5) is 8.26. The van der Waals surface area contributed by atoms with Crippen molar-refractivity contribution in [1.29, 1.82) is 5.26 Å². The number of hydrogen-bond acceptors (Lipinski definition) is 5. The van der Waals surface area contributed by atoms with Crippen molar-refractivity contribution in [2.75, 3.05) is 12.5 Å². The summed E-state index contributed by atoms with van der Waals surface area (Å²) in [5.41, 5.74) is 2.61. The number of thioether (sulfide) groups is 1. The predicted octanol–water partition coefficient (Wildman–Crippen LogP) is 7.17. The van der Waals surface area contributed by atoms with Gasteiger partial charge < -0.3 is 0 Å². The minimum atomic E-state index is -0.127. The fourth-order valence-corrected chi connectivity index (χ4v) is 6.69. The van der Waals surface area contributed by atoms with Crippen molar-refractivity contribution in [2.45, 2.75) is 60.9 Å². The molecular weight excluding hydrogens is 486 g/mol. The first-order valence-corrected chi connectivity index (χ1v) is 14.2. The zero-order valence-electron chi connectivity index (χ0n) is 18.3. The highest BCUT2D eigenvalue weighted by atomic mass is 35.5. The Bertz CT molecular complexity index is 919. The highest BCUT2D eigenvalue weighted by molar-refractivity contribution is 7.99. The van der Waals surface area contributed by atoms with E-state index >= 15 is 0 Å². The van der Waals surface area contributed by atoms with Crippen molar-refractivity contribution in [3.8, 4) is 6.19 Å². The molecule has 2 heterocycles. The Hall–Kier alpha value is -1.20. The number of nitriles is 1. The first-order valence-electron chi connectivity index (χ1n) is 10.5. The molecule has 0 spiro atoms. The van der Waals surface area contributed by atoms with Crippen molar-refractivity contribution in [3.63, 3.8) is 0 Å². The third-order valence-corrected chi connectivity index (χ3v) is 9.52. The summed E-state index contributed by atoms with van der Waals surface area (Å²) in [6, 6.07) is 7.90. The van der Waals surface area contributed by atoms with E-state index in [1.165, 1.54) is 30.4 Å². The summed E-state index contributed by atoms with van der Waals surface area (Å²) in [5, 5.41) is 11.1. The predicted molar refractivity (Wildman–Crippen MR) is 137 cm³/mol. The maximum absolute atomic E-state index is 8.58. The maximum atomic E-state index is 8.58. The lowest BCUT2D eigenvalue weighted by Gasteiger charge is -2.11. The van der Waals surface area contributed by atoms with E-state index < -0.39 is 0 Å². The fraction of sp³-hybridized carbons (Fsp3) is 0.522. The third kappa shape index (κ3) is 7.69. The van der Waals surface area contributed by atoms with Crippen LogP contribution in [0.25, 0.3) is 0 Å². The molecule has 2 aromatic heterocycles. The van der Waals surface area contributed by atoms with Crippen LogP contribution < -0.4 is 0 Å². The molecule has 0 radical (unpaired) electrons. The van der Waals surface area contributed by atoms with Crippen LogP contribution in [0.4, 0.5) is 4.70 Å². The minimum Gasteiger partial charge on any atom is -0.269 e. The van der Waals surface area contributed by atoms with Gasteiger partial charge in [0, 0.05) is 22.9 Å². The Morgan fingerprint density at radius 2 is 1.53 bits per heavy atom. The van der Waals surface area contributed by atoms with E-state index in [4.69, 9.17) is 28.5 Å². The van der Waals surface area contributed by atoms with Gasteiger partial charge in [-0.2, -0.15) is 21.4 Å². The topological polar surface area (TPSA) is 61.9 Å². The molecule has 2 aromatic rings. The van der Waals surface area contributed by atoms with E-state index in [1.807, 2.05) is 42.5 Å². The van der Waals surface area contributed by atoms with Gasteiger partial charge in [0.2, 0.25) is 6.19 Å². The first-order chi connectivity index (χ1) is 15.0. The molecule has 0 N–H and O–H groups in total. The molecule has 0 aliphatic heterocycles. The SMILES string of the molecule is CS(=NC#N)C1CCC(c2ccc(Cl)nc2)C1.CSC1CCC(c2ccc(Cl)nc2)C1.F. The van der Waals surface area contributed by atoms with E-state index in [-0.39, 0.29) is 15.4 Å². The lowest BCUT2D eigenvalue weighted by atomic mass is 10.00. The molecule has 4 nitrogen and oxygen atoms in total. The van der Waals surface area contributed by atoms with Gasteiger partial charge in [0.1, 0.15) is 10.3 Å². The van der Waals surface area contributed by atoms with Crippen molar-refractivity contribution in [1.82, 2.24) is 9.97 Å². The van der Waals surface area contributed by atoms with Crippen molar-refractivity contribution in [3.05, 3.63) is 58.1 Å². The Morgan fingerprint density at radius 3 is 2.00 bits per heavy atom. The molecule has 174 valence electrons. The molecule has 2 fully saturated rings. The Labute approximate surface area is 207 Å². The van der Waals surface area contributed by atoms with E-state index in [0.29, 0.717) is 27.4 Å². The van der Waals surface area contributed by atoms with Crippen molar-refractivity contribution < 1.29 is 4.70 Å². The van der Waals surface area contributed by atoms with Crippen molar-refractivity contribution >= 4 is 45.7 Å². The molecule has 9 heteroatoms. The van der Waals surface area contributed by atoms with Crippen LogP contribution in [0.3, 0.4) is 0 Å². The highest BCUT2D eigenvalue weighted by Crippen LogP contribution is 2.39. The van der Waals surface area contributed by atoms with Gasteiger partial charge in [-0.3, -0.25) is 4.70 Å². The number of halogens is 3. The summed E-state index contributed by atoms with van der Waals surface area (Å²) < 4.78 is 3.95. The summed E-state index contributed by atoms with van der Waals surface area (Å²) in [7, 11) is -0.127. The summed E-state index contributed by atoms with van der Waals surface area (Å²) >= 11 is 13.5. The Balaban J connectivity index is 0.000000224. The molecule has 5 atom stereocenters. The highest BCUT2D eigenvalue weighted by Gasteiger charge is 2.27. The molecule has 0 saturated heterocycles. The Morgan fingerprint density at radius 1 is 0.969 bits per heavy atom. The molecule has 0 bridgehead atoms. The molecule has 5 unspecified atom stereocenters. The van der Waals surface area contributed by atoms with Gasteiger partial charge in [-0.15, -0.1) is 0 Å². The molecule has 0 aromatic carbocycles. The third-order valence-electron chi connectivity index (χ3n) is 6.21. The zero-order valence-corrected chi connectivity index (χ0v) is 21.4. The molecule has 2 saturated carbocycles. The van der Waals surface area contributed by atoms with Crippen LogP contribution in [0.2, 0.25) is 10.3 Å². The number of nitrogens with zero attached hydrogens (tertiary/aromatic N) is 4. The van der Waals surface area contributed by atoms with E-state index in [1.54, 1.807) is 0 Å². The van der Waals surface area contributed by atoms with Gasteiger partial charge >= 0.3 is 0 Å². The van der Waals surface area contributed by atoms with Gasteiger partial charge in [0.05, 0.1) is 0 Å². The van der Waals surface area contributed by atoms with Crippen LogP contribution in [0.1, 0.15) is 61.5 Å². The number of aromatic nitrogens is 2. The van der Waals surface area contributed by atoms with Gasteiger partial charge in [0.15, 0.2) is 0 Å². The fourth-order valence-electron chi connectivity index (χ4n) is 4.41. The van der Waals surface area contributed by atoms with E-state index in [2.05, 4.69) is 39.0 Å². The largest absolute Gasteiger partial charge is 0.269 e. The van der Waals surface area contributed by atoms with Crippen LogP contribution in [0, 0.1) is 11.5 Å². The maximum Gasteiger partial charge on any atom is 0.212 e. The smallest absolute Gasteiger partial charge is 0.212 e. The first kappa shape index (κ1) is 27.0. The minimum absolute atomic E-state index is 0. The molecule has 2 aliphatic carbocycles. The molecule has 0 amide bonds. The van der Waals surface area contributed by atoms with Crippen LogP contribution in [-0.2, 0) is 10.7 Å². The lowest BCUT2D eigenvalue weighted by Crippen LogP contribution is -2.08. The normalized spacial score (nSPS) is 25.3. The summed E-state index contributed by atoms with van der Waals surface area (Å²) in [5.74, 6) is 1.26. The van der Waals surface area contributed by atoms with Crippen LogP contribution in [-0.4, -0.2) is 33.0 Å². The molecular formula is C23H29Cl2FN4S2. The summed E-state index contributed by atoms with van der Waals surface area (Å²) in [6.45, 7) is 0. The lowest BCUT2D eigenvalue weighted by molar-refractivity contribution is 0.720. The van der Waals surface area contributed by atoms with Gasteiger partial charge in [-0.25, -0.2) is 9.97 Å². The number of pyridine rings is 2. The van der Waals surface area contributed by atoms with Gasteiger partial charge in [0.25, 0.3) is 0 Å². The second-order valence-electron chi connectivity index (χ2n) is 8.04.